The fourth-order valence-electron chi connectivity index (χ4n) is 3.41. The van der Waals surface area contributed by atoms with Crippen molar-refractivity contribution in [2.75, 3.05) is 11.9 Å². The quantitative estimate of drug-likeness (QED) is 0.484. The number of aromatic nitrogens is 1. The lowest BCUT2D eigenvalue weighted by atomic mass is 10.0. The Balaban J connectivity index is 1.52. The van der Waals surface area contributed by atoms with Crippen LogP contribution in [0, 0.1) is 0 Å². The number of hydrogen-bond donors (Lipinski definition) is 2. The van der Waals surface area contributed by atoms with Gasteiger partial charge in [0.2, 0.25) is 5.91 Å². The van der Waals surface area contributed by atoms with E-state index in [0.29, 0.717) is 18.1 Å². The van der Waals surface area contributed by atoms with Crippen molar-refractivity contribution in [1.29, 1.82) is 0 Å². The molecule has 0 unspecified atom stereocenters. The molecule has 0 spiro atoms. The lowest BCUT2D eigenvalue weighted by molar-refractivity contribution is -0.116. The number of amides is 1. The van der Waals surface area contributed by atoms with Crippen LogP contribution in [0.2, 0.25) is 0 Å². The maximum atomic E-state index is 12.5. The SMILES string of the molecule is O=C(CCN1C(=S)N[C@H](c2ccccn2)[C@@H]1c1cc(Br)cs1)Nc1ccccc1. The number of thiophene rings is 1. The zero-order chi connectivity index (χ0) is 20.2. The molecule has 2 aromatic heterocycles. The summed E-state index contributed by atoms with van der Waals surface area (Å²) in [6.07, 6.45) is 2.13. The number of thiocarbonyl (C=S) groups is 1. The van der Waals surface area contributed by atoms with Gasteiger partial charge in [0.05, 0.1) is 17.8 Å². The Labute approximate surface area is 187 Å². The van der Waals surface area contributed by atoms with Crippen LogP contribution in [-0.4, -0.2) is 27.4 Å². The highest BCUT2D eigenvalue weighted by Crippen LogP contribution is 2.41. The van der Waals surface area contributed by atoms with Crippen LogP contribution >= 0.6 is 39.5 Å². The summed E-state index contributed by atoms with van der Waals surface area (Å²) in [7, 11) is 0. The van der Waals surface area contributed by atoms with E-state index < -0.39 is 0 Å². The molecule has 0 bridgehead atoms. The summed E-state index contributed by atoms with van der Waals surface area (Å²) in [5.74, 6) is -0.0357. The Hall–Kier alpha value is -2.29. The first kappa shape index (κ1) is 20.0. The average molecular weight is 487 g/mol. The van der Waals surface area contributed by atoms with Crippen LogP contribution in [-0.2, 0) is 4.79 Å². The maximum absolute atomic E-state index is 12.5. The van der Waals surface area contributed by atoms with Gasteiger partial charge < -0.3 is 15.5 Å². The van der Waals surface area contributed by atoms with Gasteiger partial charge in [-0.3, -0.25) is 9.78 Å². The molecule has 3 aromatic rings. The Kier molecular flexibility index (Phi) is 6.22. The van der Waals surface area contributed by atoms with E-state index in [9.17, 15) is 4.79 Å². The third-order valence-corrected chi connectivity index (χ3v) is 6.83. The summed E-state index contributed by atoms with van der Waals surface area (Å²) in [5.41, 5.74) is 1.73. The van der Waals surface area contributed by atoms with E-state index >= 15 is 0 Å². The highest BCUT2D eigenvalue weighted by molar-refractivity contribution is 9.10. The van der Waals surface area contributed by atoms with Crippen molar-refractivity contribution in [1.82, 2.24) is 15.2 Å². The molecule has 1 amide bonds. The van der Waals surface area contributed by atoms with Crippen molar-refractivity contribution in [3.63, 3.8) is 0 Å². The molecular weight excluding hydrogens is 468 g/mol. The summed E-state index contributed by atoms with van der Waals surface area (Å²) >= 11 is 10.9. The van der Waals surface area contributed by atoms with Crippen LogP contribution in [0.25, 0.3) is 0 Å². The number of hydrogen-bond acceptors (Lipinski definition) is 4. The van der Waals surface area contributed by atoms with Gasteiger partial charge in [-0.25, -0.2) is 0 Å². The number of rotatable bonds is 6. The van der Waals surface area contributed by atoms with Crippen molar-refractivity contribution < 1.29 is 4.79 Å². The molecule has 3 heterocycles. The first-order valence-electron chi connectivity index (χ1n) is 9.19. The van der Waals surface area contributed by atoms with E-state index in [1.54, 1.807) is 17.5 Å². The lowest BCUT2D eigenvalue weighted by Gasteiger charge is -2.26. The molecule has 8 heteroatoms. The number of nitrogens with one attached hydrogen (secondary N) is 2. The summed E-state index contributed by atoms with van der Waals surface area (Å²) in [5, 5.41) is 9.05. The van der Waals surface area contributed by atoms with Crippen molar-refractivity contribution in [2.45, 2.75) is 18.5 Å². The van der Waals surface area contributed by atoms with Crippen LogP contribution in [0.5, 0.6) is 0 Å². The topological polar surface area (TPSA) is 57.3 Å². The van der Waals surface area contributed by atoms with E-state index in [1.165, 1.54) is 4.88 Å². The number of carbonyl (C=O) groups excluding carboxylic acids is 1. The second-order valence-electron chi connectivity index (χ2n) is 6.65. The second-order valence-corrected chi connectivity index (χ2v) is 8.90. The molecule has 1 saturated heterocycles. The van der Waals surface area contributed by atoms with Crippen LogP contribution in [0.1, 0.15) is 29.1 Å². The minimum atomic E-state index is -0.0635. The Morgan fingerprint density at radius 2 is 2.03 bits per heavy atom. The molecule has 0 aliphatic carbocycles. The van der Waals surface area contributed by atoms with Crippen LogP contribution in [0.15, 0.2) is 70.6 Å². The van der Waals surface area contributed by atoms with Gasteiger partial charge in [-0.15, -0.1) is 11.3 Å². The highest BCUT2D eigenvalue weighted by atomic mass is 79.9. The third kappa shape index (κ3) is 4.66. The fourth-order valence-corrected chi connectivity index (χ4v) is 5.33. The molecule has 4 rings (SSSR count). The molecule has 1 aliphatic rings. The fraction of sp³-hybridized carbons (Fsp3) is 0.190. The summed E-state index contributed by atoms with van der Waals surface area (Å²) in [6.45, 7) is 0.522. The summed E-state index contributed by atoms with van der Waals surface area (Å²) in [4.78, 5) is 20.2. The molecule has 2 atom stereocenters. The van der Waals surface area contributed by atoms with Crippen molar-refractivity contribution in [3.05, 3.63) is 81.2 Å². The van der Waals surface area contributed by atoms with Crippen molar-refractivity contribution in [3.8, 4) is 0 Å². The standard InChI is InChI=1S/C21H19BrN4OS2/c22-14-12-17(29-13-14)20-19(16-8-4-5-10-23-16)25-21(28)26(20)11-9-18(27)24-15-6-2-1-3-7-15/h1-8,10,12-13,19-20H,9,11H2,(H,24,27)(H,25,28)/t19-,20+/m1/s1. The molecule has 2 N–H and O–H groups in total. The van der Waals surface area contributed by atoms with Crippen LogP contribution < -0.4 is 10.6 Å². The number of halogens is 1. The van der Waals surface area contributed by atoms with Gasteiger partial charge in [-0.2, -0.15) is 0 Å². The van der Waals surface area contributed by atoms with Crippen LogP contribution in [0.3, 0.4) is 0 Å². The van der Waals surface area contributed by atoms with E-state index in [-0.39, 0.29) is 18.0 Å². The smallest absolute Gasteiger partial charge is 0.226 e. The Bertz CT molecular complexity index is 996. The monoisotopic (exact) mass is 486 g/mol. The number of benzene rings is 1. The molecule has 5 nitrogen and oxygen atoms in total. The lowest BCUT2D eigenvalue weighted by Crippen LogP contribution is -2.32. The summed E-state index contributed by atoms with van der Waals surface area (Å²) in [6, 6.07) is 17.4. The van der Waals surface area contributed by atoms with E-state index in [4.69, 9.17) is 12.2 Å². The molecule has 0 saturated carbocycles. The van der Waals surface area contributed by atoms with Gasteiger partial charge in [-0.05, 0) is 58.5 Å². The zero-order valence-corrected chi connectivity index (χ0v) is 18.6. The highest BCUT2D eigenvalue weighted by Gasteiger charge is 2.40. The van der Waals surface area contributed by atoms with Gasteiger partial charge in [0.25, 0.3) is 0 Å². The van der Waals surface area contributed by atoms with E-state index in [2.05, 4.69) is 47.9 Å². The van der Waals surface area contributed by atoms with Crippen molar-refractivity contribution >= 4 is 56.2 Å². The van der Waals surface area contributed by atoms with E-state index in [1.807, 2.05) is 48.5 Å². The minimum Gasteiger partial charge on any atom is -0.352 e. The Morgan fingerprint density at radius 1 is 1.24 bits per heavy atom. The first-order valence-corrected chi connectivity index (χ1v) is 11.3. The predicted molar refractivity (Wildman–Crippen MR) is 124 cm³/mol. The summed E-state index contributed by atoms with van der Waals surface area (Å²) < 4.78 is 1.04. The molecule has 29 heavy (non-hydrogen) atoms. The van der Waals surface area contributed by atoms with Gasteiger partial charge >= 0.3 is 0 Å². The normalized spacial score (nSPS) is 18.5. The third-order valence-electron chi connectivity index (χ3n) is 4.71. The van der Waals surface area contributed by atoms with Gasteiger partial charge in [0.1, 0.15) is 0 Å². The second kappa shape index (κ2) is 9.02. The van der Waals surface area contributed by atoms with Crippen molar-refractivity contribution in [2.24, 2.45) is 0 Å². The number of anilines is 1. The first-order chi connectivity index (χ1) is 14.1. The molecule has 1 aromatic carbocycles. The minimum absolute atomic E-state index is 0.0155. The molecule has 148 valence electrons. The number of pyridine rings is 1. The molecular formula is C21H19BrN4OS2. The Morgan fingerprint density at radius 3 is 2.72 bits per heavy atom. The molecule has 1 fully saturated rings. The molecule has 1 aliphatic heterocycles. The number of para-hydroxylation sites is 1. The molecule has 0 radical (unpaired) electrons. The predicted octanol–water partition coefficient (Wildman–Crippen LogP) is 4.91. The van der Waals surface area contributed by atoms with Gasteiger partial charge in [0, 0.05) is 39.6 Å². The average Bonchev–Trinajstić information content (AvgIpc) is 3.30. The van der Waals surface area contributed by atoms with E-state index in [0.717, 1.165) is 15.9 Å². The van der Waals surface area contributed by atoms with Gasteiger partial charge in [-0.1, -0.05) is 24.3 Å². The zero-order valence-electron chi connectivity index (χ0n) is 15.4. The maximum Gasteiger partial charge on any atom is 0.226 e. The number of carbonyl (C=O) groups is 1. The largest absolute Gasteiger partial charge is 0.352 e. The van der Waals surface area contributed by atoms with Crippen LogP contribution in [0.4, 0.5) is 5.69 Å². The number of nitrogens with zero attached hydrogens (tertiary/aromatic N) is 2. The van der Waals surface area contributed by atoms with Gasteiger partial charge in [0.15, 0.2) is 5.11 Å².